The molecule has 36 valence electrons. The first-order valence-corrected chi connectivity index (χ1v) is 1.81. The van der Waals surface area contributed by atoms with Gasteiger partial charge in [0.25, 0.3) is 0 Å². The molecule has 2 nitrogen and oxygen atoms in total. The Morgan fingerprint density at radius 2 is 1.86 bits per heavy atom. The average Bonchev–Trinajstić information content (AvgIpc) is 1.36. The Morgan fingerprint density at radius 1 is 1.71 bits per heavy atom. The fraction of sp³-hybridized carbons (Fsp3) is 0.750. The van der Waals surface area contributed by atoms with Gasteiger partial charge in [0, 0.05) is 0 Å². The zero-order valence-corrected chi connectivity index (χ0v) is 6.89. The predicted molar refractivity (Wildman–Crippen MR) is 20.1 cm³/mol. The Hall–Kier alpha value is 0.630. The summed E-state index contributed by atoms with van der Waals surface area (Å²) >= 11 is 0. The summed E-state index contributed by atoms with van der Waals surface area (Å²) < 4.78 is 0. The van der Waals surface area contributed by atoms with Crippen molar-refractivity contribution in [2.75, 3.05) is 0 Å². The molecule has 0 heterocycles. The van der Waals surface area contributed by atoms with Crippen molar-refractivity contribution < 1.29 is 39.5 Å². The van der Waals surface area contributed by atoms with Crippen molar-refractivity contribution in [3.05, 3.63) is 0 Å². The molecular weight excluding hydrogens is 103 g/mol. The van der Waals surface area contributed by atoms with Crippen LogP contribution in [0.25, 0.3) is 0 Å². The quantitative estimate of drug-likeness (QED) is 0.326. The maximum atomic E-state index is 9.88. The number of carbonyl (C=O) groups excluding carboxylic acids is 1. The van der Waals surface area contributed by atoms with E-state index in [1.165, 1.54) is 13.8 Å². The number of rotatable bonds is 1. The van der Waals surface area contributed by atoms with E-state index in [1.54, 1.807) is 0 Å². The van der Waals surface area contributed by atoms with Crippen molar-refractivity contribution in [2.45, 2.75) is 20.0 Å². The molecule has 1 atom stereocenters. The summed E-state index contributed by atoms with van der Waals surface area (Å²) in [6, 6.07) is 0. The first kappa shape index (κ1) is 10.6. The number of ketones is 1. The average molecular weight is 110 g/mol. The third-order valence-electron chi connectivity index (χ3n) is 0.572. The van der Waals surface area contributed by atoms with Gasteiger partial charge in [0.2, 0.25) is 0 Å². The number of Topliss-reactive ketones (excluding diaryl/α,β-unsaturated/α-hetero) is 1. The van der Waals surface area contributed by atoms with E-state index in [1.807, 2.05) is 0 Å². The van der Waals surface area contributed by atoms with Gasteiger partial charge in [0.15, 0.2) is 0 Å². The molecule has 0 fully saturated rings. The van der Waals surface area contributed by atoms with Crippen LogP contribution in [0.3, 0.4) is 0 Å². The second-order valence-corrected chi connectivity index (χ2v) is 1.25. The molecule has 0 radical (unpaired) electrons. The zero-order valence-electron chi connectivity index (χ0n) is 4.89. The van der Waals surface area contributed by atoms with Gasteiger partial charge in [-0.05, 0) is 6.92 Å². The van der Waals surface area contributed by atoms with Crippen LogP contribution in [0.15, 0.2) is 0 Å². The zero-order chi connectivity index (χ0) is 5.15. The smallest absolute Gasteiger partial charge is 0.847 e. The molecule has 0 spiro atoms. The second kappa shape index (κ2) is 4.78. The van der Waals surface area contributed by atoms with E-state index in [0.717, 1.165) is 0 Å². The second-order valence-electron chi connectivity index (χ2n) is 1.25. The fourth-order valence-corrected chi connectivity index (χ4v) is 0. The van der Waals surface area contributed by atoms with Gasteiger partial charge in [-0.1, -0.05) is 13.0 Å². The summed E-state index contributed by atoms with van der Waals surface area (Å²) in [7, 11) is 0. The third-order valence-corrected chi connectivity index (χ3v) is 0.572. The van der Waals surface area contributed by atoms with Gasteiger partial charge in [-0.3, -0.25) is 0 Å². The van der Waals surface area contributed by atoms with Crippen molar-refractivity contribution in [1.82, 2.24) is 0 Å². The number of hydrogen-bond acceptors (Lipinski definition) is 2. The molecule has 0 aliphatic heterocycles. The molecule has 0 aromatic carbocycles. The van der Waals surface area contributed by atoms with Gasteiger partial charge in [0.05, 0.1) is 0 Å². The van der Waals surface area contributed by atoms with E-state index in [4.69, 9.17) is 0 Å². The fourth-order valence-electron chi connectivity index (χ4n) is 0. The Bertz CT molecular complexity index is 60.7. The van der Waals surface area contributed by atoms with Crippen molar-refractivity contribution in [2.24, 2.45) is 0 Å². The van der Waals surface area contributed by atoms with E-state index < -0.39 is 6.10 Å². The number of hydrogen-bond donors (Lipinski definition) is 0. The normalized spacial score (nSPS) is 11.9. The Morgan fingerprint density at radius 3 is 1.86 bits per heavy atom. The van der Waals surface area contributed by atoms with Crippen LogP contribution in [0.2, 0.25) is 0 Å². The summed E-state index contributed by atoms with van der Waals surface area (Å²) in [6.07, 6.45) is -1.04. The van der Waals surface area contributed by atoms with Crippen LogP contribution in [-0.2, 0) is 4.79 Å². The Kier molecular flexibility index (Phi) is 7.23. The van der Waals surface area contributed by atoms with Gasteiger partial charge in [0.1, 0.15) is 5.78 Å². The van der Waals surface area contributed by atoms with Crippen LogP contribution in [0.1, 0.15) is 13.8 Å². The van der Waals surface area contributed by atoms with E-state index in [2.05, 4.69) is 0 Å². The van der Waals surface area contributed by atoms with Gasteiger partial charge < -0.3 is 9.90 Å². The minimum absolute atomic E-state index is 0. The van der Waals surface area contributed by atoms with Crippen LogP contribution in [0.5, 0.6) is 0 Å². The molecule has 0 aromatic heterocycles. The maximum absolute atomic E-state index is 9.88. The van der Waals surface area contributed by atoms with Gasteiger partial charge in [-0.15, -0.1) is 0 Å². The van der Waals surface area contributed by atoms with Crippen LogP contribution in [0.4, 0.5) is 0 Å². The molecule has 0 aromatic rings. The molecule has 0 saturated carbocycles. The molecule has 0 aliphatic rings. The Balaban J connectivity index is 0. The minimum atomic E-state index is -1.04. The van der Waals surface area contributed by atoms with Crippen LogP contribution < -0.4 is 34.7 Å². The molecule has 0 amide bonds. The molecule has 0 rings (SSSR count). The van der Waals surface area contributed by atoms with Crippen LogP contribution in [-0.4, -0.2) is 11.9 Å². The van der Waals surface area contributed by atoms with Crippen LogP contribution >= 0.6 is 0 Å². The van der Waals surface area contributed by atoms with E-state index in [9.17, 15) is 9.90 Å². The predicted octanol–water partition coefficient (Wildman–Crippen LogP) is -3.67. The molecule has 1 unspecified atom stereocenters. The van der Waals surface area contributed by atoms with Crippen molar-refractivity contribution in [3.8, 4) is 0 Å². The van der Waals surface area contributed by atoms with E-state index >= 15 is 0 Å². The minimum Gasteiger partial charge on any atom is -0.847 e. The first-order valence-electron chi connectivity index (χ1n) is 1.81. The number of carbonyl (C=O) groups is 1. The monoisotopic (exact) mass is 110 g/mol. The first-order chi connectivity index (χ1) is 2.64. The summed E-state index contributed by atoms with van der Waals surface area (Å²) in [5.41, 5.74) is 0. The van der Waals surface area contributed by atoms with Gasteiger partial charge in [-0.2, -0.15) is 0 Å². The summed E-state index contributed by atoms with van der Waals surface area (Å²) in [6.45, 7) is 2.62. The largest absolute Gasteiger partial charge is 1.00 e. The molecule has 0 bridgehead atoms. The van der Waals surface area contributed by atoms with Crippen molar-refractivity contribution >= 4 is 5.78 Å². The molecule has 3 heteroatoms. The molecule has 0 aliphatic carbocycles. The van der Waals surface area contributed by atoms with Gasteiger partial charge >= 0.3 is 29.6 Å². The topological polar surface area (TPSA) is 40.1 Å². The van der Waals surface area contributed by atoms with E-state index in [0.29, 0.717) is 0 Å². The van der Waals surface area contributed by atoms with Gasteiger partial charge in [-0.25, -0.2) is 0 Å². The molecule has 7 heavy (non-hydrogen) atoms. The molecular formula is C4H7NaO2. The van der Waals surface area contributed by atoms with E-state index in [-0.39, 0.29) is 35.3 Å². The molecule has 0 saturated heterocycles. The molecule has 0 N–H and O–H groups in total. The maximum Gasteiger partial charge on any atom is 1.00 e. The Labute approximate surface area is 65.2 Å². The van der Waals surface area contributed by atoms with Crippen molar-refractivity contribution in [3.63, 3.8) is 0 Å². The summed E-state index contributed by atoms with van der Waals surface area (Å²) in [5.74, 6) is -0.296. The van der Waals surface area contributed by atoms with Crippen LogP contribution in [0, 0.1) is 0 Å². The van der Waals surface area contributed by atoms with Crippen molar-refractivity contribution in [1.29, 1.82) is 0 Å². The summed E-state index contributed by atoms with van der Waals surface area (Å²) in [4.78, 5) is 9.83. The SMILES string of the molecule is CC(=O)C(C)[O-].[Na+]. The third kappa shape index (κ3) is 6.63. The summed E-state index contributed by atoms with van der Waals surface area (Å²) in [5, 5.41) is 9.88. The standard InChI is InChI=1S/C4H7O2.Na/c1-3(5)4(2)6;/h3H,1-2H3;/q-1;+1.